The van der Waals surface area contributed by atoms with Crippen molar-refractivity contribution in [2.75, 3.05) is 13.2 Å². The number of unbranched alkanes of at least 4 members (excludes halogenated alkanes) is 30. The molecule has 0 radical (unpaired) electrons. The fraction of sp³-hybridized carbons (Fsp3) is 0.762. The van der Waals surface area contributed by atoms with Gasteiger partial charge in [-0.3, -0.25) is 14.4 Å². The second-order valence-corrected chi connectivity index (χ2v) is 19.5. The van der Waals surface area contributed by atoms with Gasteiger partial charge in [-0.1, -0.05) is 229 Å². The molecule has 1 atom stereocenters. The first-order valence-electron chi connectivity index (χ1n) is 29.4. The predicted molar refractivity (Wildman–Crippen MR) is 298 cm³/mol. The second-order valence-electron chi connectivity index (χ2n) is 19.5. The molecule has 0 bridgehead atoms. The fourth-order valence-electron chi connectivity index (χ4n) is 8.18. The van der Waals surface area contributed by atoms with E-state index in [1.165, 1.54) is 154 Å². The third kappa shape index (κ3) is 55.6. The Kier molecular flexibility index (Phi) is 54.8. The van der Waals surface area contributed by atoms with Crippen LogP contribution in [0.25, 0.3) is 0 Å². The van der Waals surface area contributed by atoms with Crippen LogP contribution in [0.4, 0.5) is 0 Å². The van der Waals surface area contributed by atoms with Crippen molar-refractivity contribution in [3.8, 4) is 0 Å². The Morgan fingerprint density at radius 2 is 0.522 bits per heavy atom. The molecule has 0 saturated heterocycles. The molecule has 0 aromatic rings. The highest BCUT2D eigenvalue weighted by Crippen LogP contribution is 2.15. The Balaban J connectivity index is 4.40. The summed E-state index contributed by atoms with van der Waals surface area (Å²) in [6, 6.07) is 0. The lowest BCUT2D eigenvalue weighted by atomic mass is 10.0. The van der Waals surface area contributed by atoms with Gasteiger partial charge in [0.15, 0.2) is 6.10 Å². The van der Waals surface area contributed by atoms with Gasteiger partial charge in [-0.25, -0.2) is 0 Å². The van der Waals surface area contributed by atoms with Crippen LogP contribution in [0.2, 0.25) is 0 Å². The lowest BCUT2D eigenvalue weighted by Gasteiger charge is -2.18. The largest absolute Gasteiger partial charge is 0.462 e. The number of carbonyl (C=O) groups is 3. The molecule has 0 fully saturated rings. The molecule has 6 nitrogen and oxygen atoms in total. The van der Waals surface area contributed by atoms with E-state index in [2.05, 4.69) is 93.7 Å². The molecule has 0 saturated carbocycles. The van der Waals surface area contributed by atoms with E-state index in [1.54, 1.807) is 0 Å². The summed E-state index contributed by atoms with van der Waals surface area (Å²) in [6.45, 7) is 6.56. The van der Waals surface area contributed by atoms with E-state index in [-0.39, 0.29) is 31.1 Å². The zero-order valence-electron chi connectivity index (χ0n) is 45.6. The minimum absolute atomic E-state index is 0.0928. The topological polar surface area (TPSA) is 78.9 Å². The fourth-order valence-corrected chi connectivity index (χ4v) is 8.18. The summed E-state index contributed by atoms with van der Waals surface area (Å²) in [6.07, 6.45) is 73.2. The number of hydrogen-bond acceptors (Lipinski definition) is 6. The van der Waals surface area contributed by atoms with Crippen LogP contribution in [0.1, 0.15) is 290 Å². The second kappa shape index (κ2) is 57.4. The summed E-state index contributed by atoms with van der Waals surface area (Å²) in [5.74, 6) is -0.939. The van der Waals surface area contributed by atoms with Crippen LogP contribution in [0.5, 0.6) is 0 Å². The Labute approximate surface area is 427 Å². The van der Waals surface area contributed by atoms with Crippen LogP contribution < -0.4 is 0 Å². The van der Waals surface area contributed by atoms with Gasteiger partial charge in [-0.2, -0.15) is 0 Å². The minimum atomic E-state index is -0.799. The van der Waals surface area contributed by atoms with Crippen molar-refractivity contribution in [1.29, 1.82) is 0 Å². The van der Waals surface area contributed by atoms with Gasteiger partial charge in [0.25, 0.3) is 0 Å². The van der Waals surface area contributed by atoms with Gasteiger partial charge in [-0.15, -0.1) is 0 Å². The third-order valence-corrected chi connectivity index (χ3v) is 12.7. The Hall–Kier alpha value is -3.15. The standard InChI is InChI=1S/C63H110O6/c1-4-7-10-13-16-19-22-25-28-29-30-31-32-33-36-38-41-44-47-50-53-56-62(65)68-59-60(69-63(66)57-54-51-48-45-42-39-35-27-24-21-18-15-12-9-6-3)58-67-61(64)55-52-49-46-43-40-37-34-26-23-20-17-14-11-8-5-2/h17-18,20-21,25-28,34-35,40,43,60H,4-16,19,22-24,29-33,36-39,41-42,44-59H2,1-3H3/b20-17-,21-18-,28-25-,34-26-,35-27-,43-40-/t60-/m1/s1. The average molecular weight is 964 g/mol. The number of carbonyl (C=O) groups excluding carboxylic acids is 3. The Morgan fingerprint density at radius 1 is 0.290 bits per heavy atom. The summed E-state index contributed by atoms with van der Waals surface area (Å²) in [5, 5.41) is 0. The molecule has 0 heterocycles. The van der Waals surface area contributed by atoms with Crippen LogP contribution in [-0.4, -0.2) is 37.2 Å². The van der Waals surface area contributed by atoms with Gasteiger partial charge in [-0.05, 0) is 116 Å². The van der Waals surface area contributed by atoms with E-state index >= 15 is 0 Å². The first-order valence-corrected chi connectivity index (χ1v) is 29.4. The molecule has 0 aliphatic heterocycles. The summed E-state index contributed by atoms with van der Waals surface area (Å²) in [5.41, 5.74) is 0. The van der Waals surface area contributed by atoms with Crippen LogP contribution in [0.15, 0.2) is 72.9 Å². The maximum absolute atomic E-state index is 12.8. The van der Waals surface area contributed by atoms with Crippen molar-refractivity contribution in [2.24, 2.45) is 0 Å². The molecule has 0 aromatic heterocycles. The number of esters is 3. The van der Waals surface area contributed by atoms with E-state index in [0.29, 0.717) is 19.3 Å². The summed E-state index contributed by atoms with van der Waals surface area (Å²) < 4.78 is 16.8. The van der Waals surface area contributed by atoms with Gasteiger partial charge in [0, 0.05) is 19.3 Å². The zero-order valence-corrected chi connectivity index (χ0v) is 45.6. The van der Waals surface area contributed by atoms with E-state index in [4.69, 9.17) is 14.2 Å². The molecule has 0 aliphatic carbocycles. The van der Waals surface area contributed by atoms with Gasteiger partial charge in [0.1, 0.15) is 13.2 Å². The number of ether oxygens (including phenoxy) is 3. The van der Waals surface area contributed by atoms with Crippen LogP contribution >= 0.6 is 0 Å². The molecule has 69 heavy (non-hydrogen) atoms. The average Bonchev–Trinajstić information content (AvgIpc) is 3.35. The third-order valence-electron chi connectivity index (χ3n) is 12.7. The lowest BCUT2D eigenvalue weighted by molar-refractivity contribution is -0.167. The highest BCUT2D eigenvalue weighted by Gasteiger charge is 2.19. The monoisotopic (exact) mass is 963 g/mol. The molecular formula is C63H110O6. The maximum Gasteiger partial charge on any atom is 0.306 e. The number of hydrogen-bond donors (Lipinski definition) is 0. The van der Waals surface area contributed by atoms with Crippen LogP contribution in [-0.2, 0) is 28.6 Å². The molecule has 0 N–H and O–H groups in total. The first-order chi connectivity index (χ1) is 34.0. The zero-order chi connectivity index (χ0) is 50.0. The molecule has 6 heteroatoms. The summed E-state index contributed by atoms with van der Waals surface area (Å²) in [4.78, 5) is 38.2. The molecule has 0 aromatic carbocycles. The molecule has 398 valence electrons. The SMILES string of the molecule is CCCCC/C=C\C/C=C\C/C=C\CCCCC(=O)OC[C@H](COC(=O)CCCCCCCCCCCCC/C=C\CCCCCCCC)OC(=O)CCCCCCC/C=C\C/C=C\CCCCC. The van der Waals surface area contributed by atoms with Crippen molar-refractivity contribution in [3.63, 3.8) is 0 Å². The smallest absolute Gasteiger partial charge is 0.306 e. The number of rotatable bonds is 53. The van der Waals surface area contributed by atoms with E-state index < -0.39 is 6.10 Å². The molecule has 0 unspecified atom stereocenters. The van der Waals surface area contributed by atoms with Gasteiger partial charge < -0.3 is 14.2 Å². The van der Waals surface area contributed by atoms with Crippen molar-refractivity contribution in [2.45, 2.75) is 297 Å². The molecule has 0 rings (SSSR count). The highest BCUT2D eigenvalue weighted by atomic mass is 16.6. The quantitative estimate of drug-likeness (QED) is 0.0262. The van der Waals surface area contributed by atoms with Crippen molar-refractivity contribution >= 4 is 17.9 Å². The normalized spacial score (nSPS) is 12.6. The first kappa shape index (κ1) is 65.8. The molecule has 0 aliphatic rings. The number of allylic oxidation sites excluding steroid dienone is 12. The predicted octanol–water partition coefficient (Wildman–Crippen LogP) is 19.8. The van der Waals surface area contributed by atoms with Gasteiger partial charge in [0.05, 0.1) is 0 Å². The van der Waals surface area contributed by atoms with E-state index in [0.717, 1.165) is 96.3 Å². The van der Waals surface area contributed by atoms with Crippen molar-refractivity contribution in [3.05, 3.63) is 72.9 Å². The summed E-state index contributed by atoms with van der Waals surface area (Å²) >= 11 is 0. The minimum Gasteiger partial charge on any atom is -0.462 e. The summed E-state index contributed by atoms with van der Waals surface area (Å²) in [7, 11) is 0. The molecule has 0 spiro atoms. The van der Waals surface area contributed by atoms with Gasteiger partial charge in [0.2, 0.25) is 0 Å². The Morgan fingerprint density at radius 3 is 0.884 bits per heavy atom. The van der Waals surface area contributed by atoms with E-state index in [9.17, 15) is 14.4 Å². The molecule has 0 amide bonds. The van der Waals surface area contributed by atoms with Gasteiger partial charge >= 0.3 is 17.9 Å². The van der Waals surface area contributed by atoms with Crippen LogP contribution in [0.3, 0.4) is 0 Å². The molecular weight excluding hydrogens is 853 g/mol. The highest BCUT2D eigenvalue weighted by molar-refractivity contribution is 5.71. The van der Waals surface area contributed by atoms with Crippen LogP contribution in [0, 0.1) is 0 Å². The van der Waals surface area contributed by atoms with Crippen molar-refractivity contribution < 1.29 is 28.6 Å². The van der Waals surface area contributed by atoms with Crippen molar-refractivity contribution in [1.82, 2.24) is 0 Å². The maximum atomic E-state index is 12.8. The Bertz CT molecular complexity index is 1290. The lowest BCUT2D eigenvalue weighted by Crippen LogP contribution is -2.30. The van der Waals surface area contributed by atoms with E-state index in [1.807, 2.05) is 0 Å².